The number of nitrogens with zero attached hydrogens (tertiary/aromatic N) is 3. The van der Waals surface area contributed by atoms with Crippen LogP contribution in [0.3, 0.4) is 0 Å². The molecular formula is C23H25N3O. The highest BCUT2D eigenvalue weighted by molar-refractivity contribution is 6.05. The molecule has 27 heavy (non-hydrogen) atoms. The number of rotatable bonds is 7. The van der Waals surface area contributed by atoms with Crippen molar-refractivity contribution in [3.05, 3.63) is 90.1 Å². The van der Waals surface area contributed by atoms with Gasteiger partial charge in [0.15, 0.2) is 0 Å². The van der Waals surface area contributed by atoms with Crippen LogP contribution in [0.25, 0.3) is 0 Å². The molecule has 0 saturated carbocycles. The fourth-order valence-electron chi connectivity index (χ4n) is 3.10. The number of anilines is 2. The van der Waals surface area contributed by atoms with E-state index in [2.05, 4.69) is 23.7 Å². The van der Waals surface area contributed by atoms with Crippen LogP contribution in [0.4, 0.5) is 11.5 Å². The summed E-state index contributed by atoms with van der Waals surface area (Å²) in [6, 6.07) is 23.4. The largest absolute Gasteiger partial charge is 0.372 e. The summed E-state index contributed by atoms with van der Waals surface area (Å²) >= 11 is 0. The van der Waals surface area contributed by atoms with Gasteiger partial charge in [0.05, 0.1) is 6.54 Å². The van der Waals surface area contributed by atoms with E-state index in [4.69, 9.17) is 0 Å². The summed E-state index contributed by atoms with van der Waals surface area (Å²) in [5.41, 5.74) is 2.85. The number of carbonyl (C=O) groups excluding carboxylic acids is 1. The predicted molar refractivity (Wildman–Crippen MR) is 111 cm³/mol. The highest BCUT2D eigenvalue weighted by Gasteiger charge is 2.19. The highest BCUT2D eigenvalue weighted by Crippen LogP contribution is 2.20. The Labute approximate surface area is 161 Å². The minimum absolute atomic E-state index is 0.0522. The van der Waals surface area contributed by atoms with Gasteiger partial charge in [-0.3, -0.25) is 9.69 Å². The molecule has 3 rings (SSSR count). The molecule has 1 heterocycles. The standard InChI is InChI=1S/C23H25N3O/c1-3-25(4-2)21-15-13-20(14-16-21)23(27)26(22-12-8-9-17-24-22)18-19-10-6-5-7-11-19/h5-17H,3-4,18H2,1-2H3. The number of hydrogen-bond donors (Lipinski definition) is 0. The number of amides is 1. The van der Waals surface area contributed by atoms with Crippen molar-refractivity contribution in [1.82, 2.24) is 4.98 Å². The molecule has 4 heteroatoms. The second-order valence-electron chi connectivity index (χ2n) is 6.28. The molecule has 2 aromatic carbocycles. The Morgan fingerprint density at radius 3 is 2.11 bits per heavy atom. The van der Waals surface area contributed by atoms with Crippen LogP contribution >= 0.6 is 0 Å². The second kappa shape index (κ2) is 8.99. The van der Waals surface area contributed by atoms with E-state index in [1.807, 2.05) is 72.8 Å². The lowest BCUT2D eigenvalue weighted by molar-refractivity contribution is 0.0984. The minimum Gasteiger partial charge on any atom is -0.372 e. The van der Waals surface area contributed by atoms with Gasteiger partial charge < -0.3 is 4.90 Å². The van der Waals surface area contributed by atoms with Crippen molar-refractivity contribution in [2.24, 2.45) is 0 Å². The molecule has 0 bridgehead atoms. The molecule has 4 nitrogen and oxygen atoms in total. The zero-order valence-electron chi connectivity index (χ0n) is 15.9. The van der Waals surface area contributed by atoms with E-state index in [1.165, 1.54) is 0 Å². The van der Waals surface area contributed by atoms with Crippen molar-refractivity contribution >= 4 is 17.4 Å². The van der Waals surface area contributed by atoms with Gasteiger partial charge in [-0.15, -0.1) is 0 Å². The molecule has 0 fully saturated rings. The maximum absolute atomic E-state index is 13.2. The van der Waals surface area contributed by atoms with Crippen LogP contribution in [0.2, 0.25) is 0 Å². The van der Waals surface area contributed by atoms with Gasteiger partial charge in [-0.1, -0.05) is 36.4 Å². The number of hydrogen-bond acceptors (Lipinski definition) is 3. The van der Waals surface area contributed by atoms with E-state index in [0.29, 0.717) is 17.9 Å². The molecule has 0 N–H and O–H groups in total. The molecular weight excluding hydrogens is 334 g/mol. The van der Waals surface area contributed by atoms with Crippen LogP contribution in [-0.4, -0.2) is 24.0 Å². The lowest BCUT2D eigenvalue weighted by Crippen LogP contribution is -2.31. The van der Waals surface area contributed by atoms with Crippen LogP contribution in [0, 0.1) is 0 Å². The first kappa shape index (κ1) is 18.6. The summed E-state index contributed by atoms with van der Waals surface area (Å²) in [4.78, 5) is 21.6. The molecule has 0 atom stereocenters. The number of carbonyl (C=O) groups is 1. The molecule has 0 unspecified atom stereocenters. The normalized spacial score (nSPS) is 10.4. The smallest absolute Gasteiger partial charge is 0.259 e. The molecule has 0 spiro atoms. The third kappa shape index (κ3) is 4.53. The van der Waals surface area contributed by atoms with E-state index in [9.17, 15) is 4.79 Å². The van der Waals surface area contributed by atoms with Gasteiger partial charge in [-0.05, 0) is 55.8 Å². The summed E-state index contributed by atoms with van der Waals surface area (Å²) in [6.07, 6.45) is 1.71. The number of benzene rings is 2. The van der Waals surface area contributed by atoms with Crippen molar-refractivity contribution in [1.29, 1.82) is 0 Å². The van der Waals surface area contributed by atoms with Gasteiger partial charge in [-0.25, -0.2) is 4.98 Å². The topological polar surface area (TPSA) is 36.4 Å². The second-order valence-corrected chi connectivity index (χ2v) is 6.28. The molecule has 3 aromatic rings. The van der Waals surface area contributed by atoms with E-state index in [-0.39, 0.29) is 5.91 Å². The van der Waals surface area contributed by atoms with Crippen molar-refractivity contribution in [2.75, 3.05) is 22.9 Å². The van der Waals surface area contributed by atoms with Gasteiger partial charge in [0, 0.05) is 30.5 Å². The molecule has 0 radical (unpaired) electrons. The van der Waals surface area contributed by atoms with Gasteiger partial charge >= 0.3 is 0 Å². The highest BCUT2D eigenvalue weighted by atomic mass is 16.2. The lowest BCUT2D eigenvalue weighted by Gasteiger charge is -2.23. The van der Waals surface area contributed by atoms with Gasteiger partial charge in [0.1, 0.15) is 5.82 Å². The third-order valence-electron chi connectivity index (χ3n) is 4.60. The lowest BCUT2D eigenvalue weighted by atomic mass is 10.1. The fourth-order valence-corrected chi connectivity index (χ4v) is 3.10. The molecule has 0 saturated heterocycles. The summed E-state index contributed by atoms with van der Waals surface area (Å²) in [5.74, 6) is 0.600. The molecule has 0 aliphatic heterocycles. The van der Waals surface area contributed by atoms with Crippen LogP contribution < -0.4 is 9.80 Å². The molecule has 0 aliphatic carbocycles. The minimum atomic E-state index is -0.0522. The van der Waals surface area contributed by atoms with Crippen LogP contribution in [0.15, 0.2) is 79.0 Å². The van der Waals surface area contributed by atoms with Crippen molar-refractivity contribution in [3.8, 4) is 0 Å². The van der Waals surface area contributed by atoms with Crippen LogP contribution in [0.5, 0.6) is 0 Å². The average Bonchev–Trinajstić information content (AvgIpc) is 2.74. The number of aromatic nitrogens is 1. The van der Waals surface area contributed by atoms with Crippen molar-refractivity contribution in [3.63, 3.8) is 0 Å². The fraction of sp³-hybridized carbons (Fsp3) is 0.217. The molecule has 0 aliphatic rings. The van der Waals surface area contributed by atoms with Gasteiger partial charge in [0.2, 0.25) is 0 Å². The van der Waals surface area contributed by atoms with Crippen molar-refractivity contribution < 1.29 is 4.79 Å². The van der Waals surface area contributed by atoms with Crippen LogP contribution in [0.1, 0.15) is 29.8 Å². The summed E-state index contributed by atoms with van der Waals surface area (Å²) in [6.45, 7) is 6.63. The first-order valence-electron chi connectivity index (χ1n) is 9.34. The Morgan fingerprint density at radius 1 is 0.852 bits per heavy atom. The molecule has 1 amide bonds. The monoisotopic (exact) mass is 359 g/mol. The van der Waals surface area contributed by atoms with Gasteiger partial charge in [-0.2, -0.15) is 0 Å². The Hall–Kier alpha value is -3.14. The maximum Gasteiger partial charge on any atom is 0.259 e. The molecule has 138 valence electrons. The SMILES string of the molecule is CCN(CC)c1ccc(C(=O)N(Cc2ccccc2)c2ccccn2)cc1. The predicted octanol–water partition coefficient (Wildman–Crippen LogP) is 4.77. The Balaban J connectivity index is 1.88. The van der Waals surface area contributed by atoms with E-state index in [1.54, 1.807) is 11.1 Å². The number of pyridine rings is 1. The first-order valence-corrected chi connectivity index (χ1v) is 9.34. The van der Waals surface area contributed by atoms with Gasteiger partial charge in [0.25, 0.3) is 5.91 Å². The van der Waals surface area contributed by atoms with Crippen LogP contribution in [-0.2, 0) is 6.54 Å². The van der Waals surface area contributed by atoms with E-state index < -0.39 is 0 Å². The zero-order valence-corrected chi connectivity index (χ0v) is 15.9. The molecule has 1 aromatic heterocycles. The van der Waals surface area contributed by atoms with Crippen molar-refractivity contribution in [2.45, 2.75) is 20.4 Å². The average molecular weight is 359 g/mol. The first-order chi connectivity index (χ1) is 13.2. The summed E-state index contributed by atoms with van der Waals surface area (Å²) < 4.78 is 0. The Bertz CT molecular complexity index is 844. The Morgan fingerprint density at radius 2 is 1.52 bits per heavy atom. The Kier molecular flexibility index (Phi) is 6.21. The summed E-state index contributed by atoms with van der Waals surface area (Å²) in [7, 11) is 0. The maximum atomic E-state index is 13.2. The summed E-state index contributed by atoms with van der Waals surface area (Å²) in [5, 5.41) is 0. The zero-order chi connectivity index (χ0) is 19.1. The quantitative estimate of drug-likeness (QED) is 0.609. The third-order valence-corrected chi connectivity index (χ3v) is 4.60. The van der Waals surface area contributed by atoms with E-state index in [0.717, 1.165) is 24.3 Å². The van der Waals surface area contributed by atoms with E-state index >= 15 is 0 Å².